The molecule has 0 atom stereocenters. The maximum absolute atomic E-state index is 9.77. The third kappa shape index (κ3) is 2.02. The lowest BCUT2D eigenvalue weighted by Gasteiger charge is -2.05. The van der Waals surface area contributed by atoms with Crippen molar-refractivity contribution in [3.8, 4) is 5.75 Å². The number of para-hydroxylation sites is 1. The van der Waals surface area contributed by atoms with Gasteiger partial charge in [-0.1, -0.05) is 48.2 Å². The Bertz CT molecular complexity index is 695. The van der Waals surface area contributed by atoms with Crippen molar-refractivity contribution in [1.82, 2.24) is 10.2 Å². The second-order valence-corrected chi connectivity index (χ2v) is 4.84. The molecule has 0 aliphatic heterocycles. The van der Waals surface area contributed by atoms with Crippen LogP contribution in [0.4, 0.5) is 0 Å². The number of hydrogen-bond acceptors (Lipinski definition) is 4. The van der Waals surface area contributed by atoms with Crippen LogP contribution in [0.5, 0.6) is 5.75 Å². The summed E-state index contributed by atoms with van der Waals surface area (Å²) in [5, 5.41) is 20.8. The number of benzene rings is 2. The van der Waals surface area contributed by atoms with E-state index in [1.165, 1.54) is 11.8 Å². The molecule has 0 bridgehead atoms. The van der Waals surface area contributed by atoms with Gasteiger partial charge in [0, 0.05) is 10.8 Å². The topological polar surface area (TPSA) is 46.0 Å². The van der Waals surface area contributed by atoms with Gasteiger partial charge in [-0.25, -0.2) is 0 Å². The molecule has 0 unspecified atom stereocenters. The van der Waals surface area contributed by atoms with E-state index < -0.39 is 0 Å². The number of nitrogens with zero attached hydrogens (tertiary/aromatic N) is 2. The first-order chi connectivity index (χ1) is 8.84. The first kappa shape index (κ1) is 11.0. The summed E-state index contributed by atoms with van der Waals surface area (Å²) in [7, 11) is 0. The van der Waals surface area contributed by atoms with Crippen LogP contribution < -0.4 is 0 Å². The summed E-state index contributed by atoms with van der Waals surface area (Å²) in [5.41, 5.74) is 0. The van der Waals surface area contributed by atoms with E-state index in [1.807, 2.05) is 36.4 Å². The molecule has 2 aromatic carbocycles. The van der Waals surface area contributed by atoms with E-state index in [-0.39, 0.29) is 5.75 Å². The van der Waals surface area contributed by atoms with Crippen LogP contribution in [0.15, 0.2) is 64.6 Å². The molecule has 1 aromatic heterocycles. The zero-order chi connectivity index (χ0) is 12.4. The van der Waals surface area contributed by atoms with E-state index in [2.05, 4.69) is 10.2 Å². The molecular weight excluding hydrogens is 244 g/mol. The molecule has 1 heterocycles. The molecule has 3 nitrogen and oxygen atoms in total. The highest BCUT2D eigenvalue weighted by Crippen LogP contribution is 2.35. The van der Waals surface area contributed by atoms with E-state index in [4.69, 9.17) is 0 Å². The molecule has 0 radical (unpaired) electrons. The normalized spacial score (nSPS) is 10.7. The molecule has 4 heteroatoms. The Morgan fingerprint density at radius 1 is 0.944 bits per heavy atom. The van der Waals surface area contributed by atoms with Gasteiger partial charge in [0.1, 0.15) is 10.8 Å². The predicted molar refractivity (Wildman–Crippen MR) is 71.8 cm³/mol. The van der Waals surface area contributed by atoms with Crippen LogP contribution in [-0.2, 0) is 0 Å². The Kier molecular flexibility index (Phi) is 2.86. The van der Waals surface area contributed by atoms with Gasteiger partial charge in [-0.05, 0) is 12.1 Å². The third-order valence-corrected chi connectivity index (χ3v) is 3.67. The Balaban J connectivity index is 2.08. The Hall–Kier alpha value is -2.07. The van der Waals surface area contributed by atoms with Crippen molar-refractivity contribution in [2.45, 2.75) is 9.92 Å². The number of fused-ring (bicyclic) bond motifs is 1. The van der Waals surface area contributed by atoms with E-state index in [9.17, 15) is 5.11 Å². The van der Waals surface area contributed by atoms with Gasteiger partial charge < -0.3 is 5.11 Å². The standard InChI is InChI=1S/C14H10N2OS/c17-12-7-3-4-8-13(12)18-14-11-6-2-1-5-10(11)9-15-16-14/h1-9,17H. The first-order valence-electron chi connectivity index (χ1n) is 5.51. The van der Waals surface area contributed by atoms with Gasteiger partial charge in [0.05, 0.1) is 11.1 Å². The lowest BCUT2D eigenvalue weighted by atomic mass is 10.2. The quantitative estimate of drug-likeness (QED) is 0.760. The van der Waals surface area contributed by atoms with E-state index >= 15 is 0 Å². The maximum Gasteiger partial charge on any atom is 0.131 e. The molecular formula is C14H10N2OS. The summed E-state index contributed by atoms with van der Waals surface area (Å²) in [6.45, 7) is 0. The Morgan fingerprint density at radius 2 is 1.72 bits per heavy atom. The summed E-state index contributed by atoms with van der Waals surface area (Å²) in [4.78, 5) is 0.781. The average molecular weight is 254 g/mol. The zero-order valence-corrected chi connectivity index (χ0v) is 10.3. The Labute approximate surface area is 108 Å². The Morgan fingerprint density at radius 3 is 2.61 bits per heavy atom. The van der Waals surface area contributed by atoms with Gasteiger partial charge in [-0.15, -0.1) is 5.10 Å². The molecule has 18 heavy (non-hydrogen) atoms. The minimum Gasteiger partial charge on any atom is -0.507 e. The molecule has 0 amide bonds. The van der Waals surface area contributed by atoms with Crippen LogP contribution in [0.25, 0.3) is 10.8 Å². The minimum atomic E-state index is 0.261. The molecule has 0 aliphatic rings. The highest BCUT2D eigenvalue weighted by atomic mass is 32.2. The largest absolute Gasteiger partial charge is 0.507 e. The molecule has 1 N–H and O–H groups in total. The summed E-state index contributed by atoms with van der Waals surface area (Å²) in [6, 6.07) is 15.2. The zero-order valence-electron chi connectivity index (χ0n) is 9.45. The third-order valence-electron chi connectivity index (χ3n) is 2.61. The van der Waals surface area contributed by atoms with Crippen molar-refractivity contribution in [2.24, 2.45) is 0 Å². The minimum absolute atomic E-state index is 0.261. The number of rotatable bonds is 2. The highest BCUT2D eigenvalue weighted by Gasteiger charge is 2.07. The summed E-state index contributed by atoms with van der Waals surface area (Å²) >= 11 is 1.42. The van der Waals surface area contributed by atoms with Crippen LogP contribution in [0.2, 0.25) is 0 Å². The van der Waals surface area contributed by atoms with Crippen LogP contribution >= 0.6 is 11.8 Å². The fraction of sp³-hybridized carbons (Fsp3) is 0. The van der Waals surface area contributed by atoms with Crippen molar-refractivity contribution >= 4 is 22.5 Å². The van der Waals surface area contributed by atoms with E-state index in [1.54, 1.807) is 18.3 Å². The summed E-state index contributed by atoms with van der Waals surface area (Å²) in [6.07, 6.45) is 1.74. The lowest BCUT2D eigenvalue weighted by molar-refractivity contribution is 0.462. The van der Waals surface area contributed by atoms with Gasteiger partial charge >= 0.3 is 0 Å². The molecule has 3 rings (SSSR count). The van der Waals surface area contributed by atoms with Crippen molar-refractivity contribution in [2.75, 3.05) is 0 Å². The number of aromatic nitrogens is 2. The van der Waals surface area contributed by atoms with Crippen molar-refractivity contribution < 1.29 is 5.11 Å². The van der Waals surface area contributed by atoms with E-state index in [0.29, 0.717) is 0 Å². The van der Waals surface area contributed by atoms with Gasteiger partial charge in [0.2, 0.25) is 0 Å². The van der Waals surface area contributed by atoms with Crippen molar-refractivity contribution in [3.63, 3.8) is 0 Å². The molecule has 88 valence electrons. The number of hydrogen-bond donors (Lipinski definition) is 1. The summed E-state index contributed by atoms with van der Waals surface area (Å²) < 4.78 is 0. The second kappa shape index (κ2) is 4.66. The monoisotopic (exact) mass is 254 g/mol. The lowest BCUT2D eigenvalue weighted by Crippen LogP contribution is -1.87. The number of phenols is 1. The second-order valence-electron chi connectivity index (χ2n) is 3.81. The smallest absolute Gasteiger partial charge is 0.131 e. The van der Waals surface area contributed by atoms with Gasteiger partial charge in [0.25, 0.3) is 0 Å². The predicted octanol–water partition coefficient (Wildman–Crippen LogP) is 3.49. The number of aromatic hydroxyl groups is 1. The van der Waals surface area contributed by atoms with Crippen LogP contribution in [-0.4, -0.2) is 15.3 Å². The maximum atomic E-state index is 9.77. The molecule has 3 aromatic rings. The van der Waals surface area contributed by atoms with Crippen molar-refractivity contribution in [1.29, 1.82) is 0 Å². The number of phenolic OH excluding ortho intramolecular Hbond substituents is 1. The molecule has 0 saturated heterocycles. The summed E-state index contributed by atoms with van der Waals surface area (Å²) in [5.74, 6) is 0.261. The van der Waals surface area contributed by atoms with Gasteiger partial charge in [-0.3, -0.25) is 0 Å². The van der Waals surface area contributed by atoms with Gasteiger partial charge in [0.15, 0.2) is 0 Å². The average Bonchev–Trinajstić information content (AvgIpc) is 2.42. The van der Waals surface area contributed by atoms with Crippen LogP contribution in [0.3, 0.4) is 0 Å². The molecule has 0 aliphatic carbocycles. The first-order valence-corrected chi connectivity index (χ1v) is 6.32. The van der Waals surface area contributed by atoms with Crippen LogP contribution in [0.1, 0.15) is 0 Å². The van der Waals surface area contributed by atoms with Crippen molar-refractivity contribution in [3.05, 3.63) is 54.7 Å². The van der Waals surface area contributed by atoms with Crippen LogP contribution in [0, 0.1) is 0 Å². The molecule has 0 spiro atoms. The van der Waals surface area contributed by atoms with Gasteiger partial charge in [-0.2, -0.15) is 5.10 Å². The van der Waals surface area contributed by atoms with E-state index in [0.717, 1.165) is 20.7 Å². The fourth-order valence-electron chi connectivity index (χ4n) is 1.72. The molecule has 0 saturated carbocycles. The SMILES string of the molecule is Oc1ccccc1Sc1nncc2ccccc12. The molecule has 0 fully saturated rings. The fourth-order valence-corrected chi connectivity index (χ4v) is 2.64. The highest BCUT2D eigenvalue weighted by molar-refractivity contribution is 7.99.